The van der Waals surface area contributed by atoms with Crippen molar-refractivity contribution in [3.05, 3.63) is 35.4 Å². The Bertz CT molecular complexity index is 379. The number of aryl methyl sites for hydroxylation is 1. The van der Waals surface area contributed by atoms with E-state index < -0.39 is 0 Å². The molecule has 86 valence electrons. The molecule has 0 saturated heterocycles. The predicted octanol–water partition coefficient (Wildman–Crippen LogP) is 2.38. The van der Waals surface area contributed by atoms with Crippen molar-refractivity contribution < 1.29 is 14.3 Å². The summed E-state index contributed by atoms with van der Waals surface area (Å²) < 4.78 is 4.53. The van der Waals surface area contributed by atoms with Gasteiger partial charge in [-0.2, -0.15) is 0 Å². The molecular weight excluding hydrogens is 204 g/mol. The van der Waals surface area contributed by atoms with E-state index in [1.54, 1.807) is 19.1 Å². The Hall–Kier alpha value is -1.64. The lowest BCUT2D eigenvalue weighted by Crippen LogP contribution is -2.16. The van der Waals surface area contributed by atoms with Crippen LogP contribution >= 0.6 is 0 Å². The molecule has 16 heavy (non-hydrogen) atoms. The SMILES string of the molecule is COC(=O)C[C@H](C)C(=O)c1ccc(C)cc1. The van der Waals surface area contributed by atoms with Gasteiger partial charge in [0.2, 0.25) is 0 Å². The summed E-state index contributed by atoms with van der Waals surface area (Å²) in [5, 5.41) is 0. The number of hydrogen-bond donors (Lipinski definition) is 0. The average molecular weight is 220 g/mol. The van der Waals surface area contributed by atoms with Crippen molar-refractivity contribution in [1.29, 1.82) is 0 Å². The first-order valence-corrected chi connectivity index (χ1v) is 5.22. The Kier molecular flexibility index (Phi) is 4.23. The highest BCUT2D eigenvalue weighted by molar-refractivity contribution is 5.99. The Morgan fingerprint density at radius 2 is 1.81 bits per heavy atom. The molecule has 3 nitrogen and oxygen atoms in total. The number of hydrogen-bond acceptors (Lipinski definition) is 3. The molecule has 0 heterocycles. The van der Waals surface area contributed by atoms with Gasteiger partial charge in [0.15, 0.2) is 5.78 Å². The Labute approximate surface area is 95.4 Å². The minimum Gasteiger partial charge on any atom is -0.469 e. The third-order valence-corrected chi connectivity index (χ3v) is 2.48. The summed E-state index contributed by atoms with van der Waals surface area (Å²) in [5.41, 5.74) is 1.75. The van der Waals surface area contributed by atoms with Crippen LogP contribution in [0, 0.1) is 12.8 Å². The molecule has 1 rings (SSSR count). The minimum absolute atomic E-state index is 0.0228. The van der Waals surface area contributed by atoms with E-state index >= 15 is 0 Å². The number of rotatable bonds is 4. The van der Waals surface area contributed by atoms with Gasteiger partial charge in [0.25, 0.3) is 0 Å². The lowest BCUT2D eigenvalue weighted by Gasteiger charge is -2.09. The molecule has 0 amide bonds. The van der Waals surface area contributed by atoms with Crippen LogP contribution in [-0.4, -0.2) is 18.9 Å². The van der Waals surface area contributed by atoms with Crippen LogP contribution in [0.5, 0.6) is 0 Å². The fourth-order valence-corrected chi connectivity index (χ4v) is 1.43. The van der Waals surface area contributed by atoms with Crippen molar-refractivity contribution in [3.63, 3.8) is 0 Å². The molecule has 0 spiro atoms. The third kappa shape index (κ3) is 3.19. The van der Waals surface area contributed by atoms with Gasteiger partial charge in [-0.1, -0.05) is 36.8 Å². The number of esters is 1. The van der Waals surface area contributed by atoms with Crippen LogP contribution in [-0.2, 0) is 9.53 Å². The van der Waals surface area contributed by atoms with Gasteiger partial charge in [-0.25, -0.2) is 0 Å². The van der Waals surface area contributed by atoms with Gasteiger partial charge in [0.05, 0.1) is 13.5 Å². The van der Waals surface area contributed by atoms with E-state index in [9.17, 15) is 9.59 Å². The van der Waals surface area contributed by atoms with E-state index in [-0.39, 0.29) is 24.1 Å². The molecule has 0 aliphatic carbocycles. The molecule has 0 aliphatic rings. The molecule has 0 unspecified atom stereocenters. The summed E-state index contributed by atoms with van der Waals surface area (Å²) in [4.78, 5) is 22.9. The highest BCUT2D eigenvalue weighted by Gasteiger charge is 2.18. The maximum Gasteiger partial charge on any atom is 0.306 e. The zero-order valence-corrected chi connectivity index (χ0v) is 9.82. The molecule has 1 aromatic rings. The lowest BCUT2D eigenvalue weighted by atomic mass is 9.96. The number of Topliss-reactive ketones (excluding diaryl/α,β-unsaturated/α-hetero) is 1. The van der Waals surface area contributed by atoms with E-state index in [0.717, 1.165) is 5.56 Å². The Balaban J connectivity index is 2.70. The molecular formula is C13H16O3. The second kappa shape index (κ2) is 5.45. The first kappa shape index (κ1) is 12.4. The van der Waals surface area contributed by atoms with Gasteiger partial charge in [0.1, 0.15) is 0 Å². The summed E-state index contributed by atoms with van der Waals surface area (Å²) >= 11 is 0. The quantitative estimate of drug-likeness (QED) is 0.578. The first-order valence-electron chi connectivity index (χ1n) is 5.22. The fourth-order valence-electron chi connectivity index (χ4n) is 1.43. The van der Waals surface area contributed by atoms with Crippen molar-refractivity contribution in [2.75, 3.05) is 7.11 Å². The van der Waals surface area contributed by atoms with Crippen molar-refractivity contribution in [2.24, 2.45) is 5.92 Å². The molecule has 0 bridgehead atoms. The maximum atomic E-state index is 11.9. The standard InChI is InChI=1S/C13H16O3/c1-9-4-6-11(7-5-9)13(15)10(2)8-12(14)16-3/h4-7,10H,8H2,1-3H3/t10-/m0/s1. The summed E-state index contributed by atoms with van der Waals surface area (Å²) in [7, 11) is 1.32. The number of ketones is 1. The third-order valence-electron chi connectivity index (χ3n) is 2.48. The van der Waals surface area contributed by atoms with E-state index in [4.69, 9.17) is 0 Å². The van der Waals surface area contributed by atoms with Gasteiger partial charge < -0.3 is 4.74 Å². The van der Waals surface area contributed by atoms with E-state index in [0.29, 0.717) is 5.56 Å². The molecule has 0 fully saturated rings. The minimum atomic E-state index is -0.354. The van der Waals surface area contributed by atoms with Crippen LogP contribution in [0.4, 0.5) is 0 Å². The van der Waals surface area contributed by atoms with Gasteiger partial charge in [0, 0.05) is 11.5 Å². The summed E-state index contributed by atoms with van der Waals surface area (Å²) in [6, 6.07) is 7.34. The molecule has 0 aliphatic heterocycles. The highest BCUT2D eigenvalue weighted by atomic mass is 16.5. The number of methoxy groups -OCH3 is 1. The Morgan fingerprint density at radius 1 is 1.25 bits per heavy atom. The summed E-state index contributed by atoms with van der Waals surface area (Å²) in [5.74, 6) is -0.714. The fraction of sp³-hybridized carbons (Fsp3) is 0.385. The molecule has 1 atom stereocenters. The normalized spacial score (nSPS) is 11.9. The van der Waals surface area contributed by atoms with Crippen LogP contribution in [0.2, 0.25) is 0 Å². The second-order valence-corrected chi connectivity index (χ2v) is 3.91. The molecule has 1 aromatic carbocycles. The van der Waals surface area contributed by atoms with Gasteiger partial charge >= 0.3 is 5.97 Å². The zero-order chi connectivity index (χ0) is 12.1. The number of ether oxygens (including phenoxy) is 1. The van der Waals surface area contributed by atoms with E-state index in [2.05, 4.69) is 4.74 Å². The van der Waals surface area contributed by atoms with Crippen LogP contribution in [0.15, 0.2) is 24.3 Å². The lowest BCUT2D eigenvalue weighted by molar-refractivity contribution is -0.141. The number of carbonyl (C=O) groups excluding carboxylic acids is 2. The summed E-state index contributed by atoms with van der Waals surface area (Å²) in [6.45, 7) is 3.70. The number of carbonyl (C=O) groups is 2. The molecule has 0 saturated carbocycles. The molecule has 0 N–H and O–H groups in total. The largest absolute Gasteiger partial charge is 0.469 e. The Morgan fingerprint density at radius 3 is 2.31 bits per heavy atom. The van der Waals surface area contributed by atoms with Crippen LogP contribution in [0.25, 0.3) is 0 Å². The molecule has 0 aromatic heterocycles. The predicted molar refractivity (Wildman–Crippen MR) is 61.3 cm³/mol. The van der Waals surface area contributed by atoms with Crippen molar-refractivity contribution in [3.8, 4) is 0 Å². The zero-order valence-electron chi connectivity index (χ0n) is 9.82. The second-order valence-electron chi connectivity index (χ2n) is 3.91. The average Bonchev–Trinajstić information content (AvgIpc) is 2.28. The van der Waals surface area contributed by atoms with Crippen molar-refractivity contribution in [1.82, 2.24) is 0 Å². The van der Waals surface area contributed by atoms with E-state index in [1.807, 2.05) is 19.1 Å². The smallest absolute Gasteiger partial charge is 0.306 e. The topological polar surface area (TPSA) is 43.4 Å². The van der Waals surface area contributed by atoms with Gasteiger partial charge in [-0.05, 0) is 6.92 Å². The van der Waals surface area contributed by atoms with Gasteiger partial charge in [-0.3, -0.25) is 9.59 Å². The monoisotopic (exact) mass is 220 g/mol. The van der Waals surface area contributed by atoms with Crippen LogP contribution < -0.4 is 0 Å². The van der Waals surface area contributed by atoms with E-state index in [1.165, 1.54) is 7.11 Å². The van der Waals surface area contributed by atoms with Crippen molar-refractivity contribution in [2.45, 2.75) is 20.3 Å². The molecule has 3 heteroatoms. The van der Waals surface area contributed by atoms with Crippen molar-refractivity contribution >= 4 is 11.8 Å². The first-order chi connectivity index (χ1) is 7.54. The van der Waals surface area contributed by atoms with Gasteiger partial charge in [-0.15, -0.1) is 0 Å². The van der Waals surface area contributed by atoms with Crippen LogP contribution in [0.1, 0.15) is 29.3 Å². The van der Waals surface area contributed by atoms with Crippen LogP contribution in [0.3, 0.4) is 0 Å². The molecule has 0 radical (unpaired) electrons. The summed E-state index contributed by atoms with van der Waals surface area (Å²) in [6.07, 6.45) is 0.128. The number of benzene rings is 1. The maximum absolute atomic E-state index is 11.9. The highest BCUT2D eigenvalue weighted by Crippen LogP contribution is 2.13.